The Labute approximate surface area is 486 Å². The van der Waals surface area contributed by atoms with Crippen LogP contribution in [0.15, 0.2) is 109 Å². The highest BCUT2D eigenvalue weighted by Gasteiger charge is 2.27. The van der Waals surface area contributed by atoms with E-state index in [-0.39, 0.29) is 32.0 Å². The summed E-state index contributed by atoms with van der Waals surface area (Å²) in [6.45, 7) is 4.30. The Morgan fingerprint density at radius 2 is 0.722 bits per heavy atom. The fourth-order valence-corrected chi connectivity index (χ4v) is 9.36. The molecule has 2 unspecified atom stereocenters. The minimum Gasteiger partial charge on any atom is -0.462 e. The Kier molecular flexibility index (Phi) is 56.8. The summed E-state index contributed by atoms with van der Waals surface area (Å²) in [5, 5.41) is 0. The third-order valence-electron chi connectivity index (χ3n) is 13.5. The van der Waals surface area contributed by atoms with Gasteiger partial charge in [-0.1, -0.05) is 258 Å². The molecule has 0 aliphatic carbocycles. The molecule has 0 heterocycles. The van der Waals surface area contributed by atoms with Crippen molar-refractivity contribution in [3.8, 4) is 0 Å². The van der Waals surface area contributed by atoms with Crippen LogP contribution in [0.2, 0.25) is 0 Å². The quantitative estimate of drug-likeness (QED) is 0.0211. The maximum absolute atomic E-state index is 12.8. The van der Waals surface area contributed by atoms with Gasteiger partial charge in [-0.3, -0.25) is 18.6 Å². The molecule has 0 aromatic heterocycles. The average molecular weight is 1120 g/mol. The molecule has 2 atom stereocenters. The first-order valence-corrected chi connectivity index (χ1v) is 33.6. The number of hydrogen-bond acceptors (Lipinski definition) is 7. The van der Waals surface area contributed by atoms with Crippen LogP contribution in [0.5, 0.6) is 0 Å². The Balaban J connectivity index is 4.06. The number of allylic oxidation sites excluding steroid dienone is 18. The molecule has 0 amide bonds. The summed E-state index contributed by atoms with van der Waals surface area (Å²) >= 11 is 0. The maximum atomic E-state index is 12.8. The highest BCUT2D eigenvalue weighted by atomic mass is 31.2. The van der Waals surface area contributed by atoms with Crippen LogP contribution in [0.1, 0.15) is 264 Å². The smallest absolute Gasteiger partial charge is 0.462 e. The van der Waals surface area contributed by atoms with Crippen molar-refractivity contribution in [3.63, 3.8) is 0 Å². The lowest BCUT2D eigenvalue weighted by Gasteiger charge is -2.24. The lowest BCUT2D eigenvalue weighted by atomic mass is 10.0. The maximum Gasteiger partial charge on any atom is 0.472 e. The summed E-state index contributed by atoms with van der Waals surface area (Å²) in [6.07, 6.45) is 83.1. The first kappa shape index (κ1) is 75.7. The normalized spacial score (nSPS) is 13.9. The fourth-order valence-electron chi connectivity index (χ4n) is 8.62. The number of phosphoric acid groups is 1. The van der Waals surface area contributed by atoms with Crippen LogP contribution >= 0.6 is 7.82 Å². The molecule has 79 heavy (non-hydrogen) atoms. The monoisotopic (exact) mass is 1120 g/mol. The number of carbonyl (C=O) groups excluding carboxylic acids is 2. The van der Waals surface area contributed by atoms with Gasteiger partial charge in [0.05, 0.1) is 27.7 Å². The molecular formula is C69H121NO8P+. The van der Waals surface area contributed by atoms with E-state index in [1.807, 2.05) is 21.1 Å². The predicted molar refractivity (Wildman–Crippen MR) is 339 cm³/mol. The molecule has 1 N–H and O–H groups in total. The Morgan fingerprint density at radius 3 is 1.08 bits per heavy atom. The molecule has 454 valence electrons. The molecule has 0 aromatic carbocycles. The van der Waals surface area contributed by atoms with Gasteiger partial charge in [-0.05, 0) is 103 Å². The van der Waals surface area contributed by atoms with Gasteiger partial charge < -0.3 is 18.9 Å². The molecule has 0 aliphatic heterocycles. The van der Waals surface area contributed by atoms with E-state index < -0.39 is 26.5 Å². The molecule has 0 aromatic rings. The van der Waals surface area contributed by atoms with Gasteiger partial charge in [-0.25, -0.2) is 4.57 Å². The van der Waals surface area contributed by atoms with Gasteiger partial charge >= 0.3 is 19.8 Å². The third kappa shape index (κ3) is 63.7. The highest BCUT2D eigenvalue weighted by Crippen LogP contribution is 2.43. The van der Waals surface area contributed by atoms with Crippen molar-refractivity contribution in [3.05, 3.63) is 109 Å². The minimum absolute atomic E-state index is 0.0269. The van der Waals surface area contributed by atoms with E-state index >= 15 is 0 Å². The summed E-state index contributed by atoms with van der Waals surface area (Å²) in [6, 6.07) is 0. The number of nitrogens with zero attached hydrogens (tertiary/aromatic N) is 1. The Morgan fingerprint density at radius 1 is 0.405 bits per heavy atom. The van der Waals surface area contributed by atoms with Crippen LogP contribution in [0.3, 0.4) is 0 Å². The number of quaternary nitrogens is 1. The molecule has 0 aliphatic rings. The van der Waals surface area contributed by atoms with Crippen LogP contribution in [-0.4, -0.2) is 74.9 Å². The first-order chi connectivity index (χ1) is 38.5. The van der Waals surface area contributed by atoms with E-state index in [0.717, 1.165) is 103 Å². The van der Waals surface area contributed by atoms with Crippen molar-refractivity contribution in [2.75, 3.05) is 47.5 Å². The van der Waals surface area contributed by atoms with Gasteiger partial charge in [0.1, 0.15) is 19.8 Å². The van der Waals surface area contributed by atoms with E-state index in [4.69, 9.17) is 18.5 Å². The number of hydrogen-bond donors (Lipinski definition) is 1. The number of likely N-dealkylation sites (N-methyl/N-ethyl adjacent to an activating group) is 1. The van der Waals surface area contributed by atoms with E-state index in [9.17, 15) is 19.0 Å². The van der Waals surface area contributed by atoms with E-state index in [1.54, 1.807) is 0 Å². The molecule has 0 saturated heterocycles. The van der Waals surface area contributed by atoms with Crippen LogP contribution in [0.25, 0.3) is 0 Å². The third-order valence-corrected chi connectivity index (χ3v) is 14.5. The molecular weight excluding hydrogens is 1000 g/mol. The van der Waals surface area contributed by atoms with Crippen LogP contribution in [-0.2, 0) is 32.7 Å². The number of carbonyl (C=O) groups is 2. The molecule has 9 nitrogen and oxygen atoms in total. The minimum atomic E-state index is -4.39. The number of phosphoric ester groups is 1. The predicted octanol–water partition coefficient (Wildman–Crippen LogP) is 20.5. The highest BCUT2D eigenvalue weighted by molar-refractivity contribution is 7.47. The second kappa shape index (κ2) is 59.3. The largest absolute Gasteiger partial charge is 0.472 e. The first-order valence-electron chi connectivity index (χ1n) is 32.1. The van der Waals surface area contributed by atoms with Crippen molar-refractivity contribution in [2.45, 2.75) is 270 Å². The number of ether oxygens (including phenoxy) is 2. The van der Waals surface area contributed by atoms with Gasteiger partial charge in [0.2, 0.25) is 0 Å². The van der Waals surface area contributed by atoms with E-state index in [2.05, 4.69) is 123 Å². The molecule has 0 radical (unpaired) electrons. The summed E-state index contributed by atoms with van der Waals surface area (Å²) in [5.41, 5.74) is 0. The van der Waals surface area contributed by atoms with E-state index in [0.29, 0.717) is 17.4 Å². The topological polar surface area (TPSA) is 108 Å². The number of rotatable bonds is 58. The van der Waals surface area contributed by atoms with Crippen molar-refractivity contribution < 1.29 is 42.1 Å². The van der Waals surface area contributed by atoms with Crippen molar-refractivity contribution in [1.82, 2.24) is 0 Å². The van der Waals surface area contributed by atoms with Crippen LogP contribution < -0.4 is 0 Å². The molecule has 10 heteroatoms. The fraction of sp³-hybridized carbons (Fsp3) is 0.710. The number of esters is 2. The summed E-state index contributed by atoms with van der Waals surface area (Å²) in [5.74, 6) is -0.805. The molecule has 0 rings (SSSR count). The van der Waals surface area contributed by atoms with Gasteiger partial charge in [-0.15, -0.1) is 0 Å². The zero-order valence-corrected chi connectivity index (χ0v) is 52.5. The van der Waals surface area contributed by atoms with Gasteiger partial charge in [0.25, 0.3) is 0 Å². The van der Waals surface area contributed by atoms with Crippen molar-refractivity contribution in [2.24, 2.45) is 0 Å². The second-order valence-corrected chi connectivity index (χ2v) is 23.9. The summed E-state index contributed by atoms with van der Waals surface area (Å²) in [4.78, 5) is 35.7. The van der Waals surface area contributed by atoms with Crippen molar-refractivity contribution in [1.29, 1.82) is 0 Å². The molecule has 0 saturated carbocycles. The molecule has 0 bridgehead atoms. The summed E-state index contributed by atoms with van der Waals surface area (Å²) < 4.78 is 34.6. The van der Waals surface area contributed by atoms with Gasteiger partial charge in [-0.2, -0.15) is 0 Å². The SMILES string of the molecule is CC/C=C\C/C=C\C/C=C\C/C=C\C/C=C\C/C=C\C/C=C\CCCCCCCCCCCCCCCCCC(=O)OC(COC(=O)CCCCCCCCC/C=C\C/C=C\CCCCCC)COP(=O)(O)OCC[N+](C)(C)C. The standard InChI is InChI=1S/C69H120NO8P/c1-6-8-10-12-14-16-18-20-22-24-26-27-28-29-30-31-32-33-34-35-36-37-38-39-40-41-42-43-44-46-48-50-52-54-56-58-60-62-69(72)78-67(66-77-79(73,74)76-64-63-70(3,4)5)65-75-68(71)61-59-57-55-53-51-49-47-45-25-23-21-19-17-15-13-11-9-7-2/h8,10,14,16-17,19-20,22-23,25-27,29-30,32-33,35-36,67H,6-7,9,11-13,15,18,21,24,28,31,34,37-66H2,1-5H3/p+1/b10-8-,16-14-,19-17-,22-20-,25-23-,27-26-,30-29-,33-32-,36-35-. The van der Waals surface area contributed by atoms with Gasteiger partial charge in [0, 0.05) is 12.8 Å². The zero-order valence-electron chi connectivity index (χ0n) is 51.6. The van der Waals surface area contributed by atoms with Crippen LogP contribution in [0, 0.1) is 0 Å². The molecule has 0 spiro atoms. The number of unbranched alkanes of at least 4 members (excludes halogenated alkanes) is 26. The Bertz CT molecular complexity index is 1700. The van der Waals surface area contributed by atoms with Gasteiger partial charge in [0.15, 0.2) is 6.10 Å². The van der Waals surface area contributed by atoms with Crippen LogP contribution in [0.4, 0.5) is 0 Å². The second-order valence-electron chi connectivity index (χ2n) is 22.4. The van der Waals surface area contributed by atoms with Crippen molar-refractivity contribution >= 4 is 19.8 Å². The summed E-state index contributed by atoms with van der Waals surface area (Å²) in [7, 11) is 1.47. The lowest BCUT2D eigenvalue weighted by Crippen LogP contribution is -2.37. The zero-order chi connectivity index (χ0) is 57.7. The average Bonchev–Trinajstić information content (AvgIpc) is 3.41. The molecule has 0 fully saturated rings. The lowest BCUT2D eigenvalue weighted by molar-refractivity contribution is -0.870. The Hall–Kier alpha value is -3.33. The van der Waals surface area contributed by atoms with E-state index in [1.165, 1.54) is 128 Å².